The van der Waals surface area contributed by atoms with E-state index in [0.717, 1.165) is 5.56 Å². The van der Waals surface area contributed by atoms with Crippen LogP contribution in [0, 0.1) is 0 Å². The first-order valence-electron chi connectivity index (χ1n) is 7.57. The van der Waals surface area contributed by atoms with Crippen molar-refractivity contribution in [1.82, 2.24) is 5.32 Å². The van der Waals surface area contributed by atoms with Crippen molar-refractivity contribution in [3.8, 4) is 0 Å². The van der Waals surface area contributed by atoms with Gasteiger partial charge in [-0.1, -0.05) is 12.1 Å². The van der Waals surface area contributed by atoms with Crippen molar-refractivity contribution < 1.29 is 28.6 Å². The fraction of sp³-hybridized carbons (Fsp3) is 0.353. The van der Waals surface area contributed by atoms with Crippen LogP contribution in [0.3, 0.4) is 0 Å². The Morgan fingerprint density at radius 3 is 2.28 bits per heavy atom. The molecule has 1 aromatic rings. The average Bonchev–Trinajstić information content (AvgIpc) is 2.79. The summed E-state index contributed by atoms with van der Waals surface area (Å²) in [6.07, 6.45) is 0. The van der Waals surface area contributed by atoms with E-state index >= 15 is 0 Å². The lowest BCUT2D eigenvalue weighted by atomic mass is 10.2. The molecule has 1 aliphatic heterocycles. The van der Waals surface area contributed by atoms with Gasteiger partial charge in [0.2, 0.25) is 17.5 Å². The molecule has 0 radical (unpaired) electrons. The van der Waals surface area contributed by atoms with Gasteiger partial charge in [0.25, 0.3) is 11.7 Å². The molecule has 1 aliphatic rings. The van der Waals surface area contributed by atoms with Gasteiger partial charge in [-0.2, -0.15) is 0 Å². The van der Waals surface area contributed by atoms with E-state index in [1.165, 1.54) is 14.0 Å². The predicted molar refractivity (Wildman–Crippen MR) is 87.9 cm³/mol. The highest BCUT2D eigenvalue weighted by Gasteiger charge is 2.41. The van der Waals surface area contributed by atoms with Gasteiger partial charge in [-0.05, 0) is 17.7 Å². The van der Waals surface area contributed by atoms with Gasteiger partial charge in [-0.3, -0.25) is 9.59 Å². The summed E-state index contributed by atoms with van der Waals surface area (Å²) in [5, 5.41) is 5.29. The van der Waals surface area contributed by atoms with Gasteiger partial charge in [-0.15, -0.1) is 0 Å². The van der Waals surface area contributed by atoms with Gasteiger partial charge < -0.3 is 24.8 Å². The first kappa shape index (κ1) is 18.3. The molecule has 8 heteroatoms. The summed E-state index contributed by atoms with van der Waals surface area (Å²) in [6.45, 7) is 4.74. The third-order valence-electron chi connectivity index (χ3n) is 3.22. The van der Waals surface area contributed by atoms with Gasteiger partial charge in [0.1, 0.15) is 0 Å². The molecule has 8 nitrogen and oxygen atoms in total. The Bertz CT molecular complexity index is 721. The summed E-state index contributed by atoms with van der Waals surface area (Å²) in [5.41, 5.74) is 1.46. The number of ether oxygens (including phenoxy) is 3. The number of anilines is 1. The molecule has 0 aliphatic carbocycles. The highest BCUT2D eigenvalue weighted by atomic mass is 16.8. The quantitative estimate of drug-likeness (QED) is 0.474. The second-order valence-electron chi connectivity index (χ2n) is 5.81. The maximum Gasteiger partial charge on any atom is 0.381 e. The average molecular weight is 348 g/mol. The lowest BCUT2D eigenvalue weighted by molar-refractivity contribution is -0.159. The van der Waals surface area contributed by atoms with Crippen LogP contribution in [0.15, 0.2) is 35.8 Å². The lowest BCUT2D eigenvalue weighted by Crippen LogP contribution is -2.27. The Morgan fingerprint density at radius 1 is 1.16 bits per heavy atom. The molecule has 25 heavy (non-hydrogen) atoms. The Kier molecular flexibility index (Phi) is 5.31. The number of carbonyl (C=O) groups is 3. The number of hydrogen-bond acceptors (Lipinski definition) is 6. The zero-order valence-corrected chi connectivity index (χ0v) is 14.5. The number of nitrogens with one attached hydrogen (secondary N) is 2. The van der Waals surface area contributed by atoms with Crippen molar-refractivity contribution >= 4 is 23.5 Å². The summed E-state index contributed by atoms with van der Waals surface area (Å²) >= 11 is 0. The van der Waals surface area contributed by atoms with Gasteiger partial charge in [0.05, 0.1) is 7.11 Å². The number of rotatable bonds is 5. The van der Waals surface area contributed by atoms with Crippen molar-refractivity contribution in [1.29, 1.82) is 0 Å². The van der Waals surface area contributed by atoms with Crippen LogP contribution in [0.2, 0.25) is 0 Å². The van der Waals surface area contributed by atoms with Crippen LogP contribution in [0.4, 0.5) is 5.69 Å². The van der Waals surface area contributed by atoms with Crippen LogP contribution in [-0.2, 0) is 35.1 Å². The molecule has 134 valence electrons. The Labute approximate surface area is 145 Å². The van der Waals surface area contributed by atoms with Crippen molar-refractivity contribution in [3.05, 3.63) is 41.3 Å². The van der Waals surface area contributed by atoms with E-state index < -0.39 is 17.7 Å². The Balaban J connectivity index is 2.03. The van der Waals surface area contributed by atoms with E-state index in [1.807, 2.05) is 0 Å². The highest BCUT2D eigenvalue weighted by molar-refractivity contribution is 6.00. The van der Waals surface area contributed by atoms with Gasteiger partial charge >= 0.3 is 5.97 Å². The van der Waals surface area contributed by atoms with E-state index in [4.69, 9.17) is 14.2 Å². The molecule has 0 spiro atoms. The summed E-state index contributed by atoms with van der Waals surface area (Å²) in [5.74, 6) is -3.16. The molecule has 1 aromatic carbocycles. The van der Waals surface area contributed by atoms with E-state index in [1.54, 1.807) is 38.1 Å². The number of benzene rings is 1. The third-order valence-corrected chi connectivity index (χ3v) is 3.22. The number of methoxy groups -OCH3 is 1. The van der Waals surface area contributed by atoms with Crippen molar-refractivity contribution in [2.24, 2.45) is 0 Å². The van der Waals surface area contributed by atoms with E-state index in [-0.39, 0.29) is 24.0 Å². The third kappa shape index (κ3) is 4.72. The molecule has 1 heterocycles. The van der Waals surface area contributed by atoms with Crippen LogP contribution in [0.5, 0.6) is 0 Å². The van der Waals surface area contributed by atoms with E-state index in [2.05, 4.69) is 10.6 Å². The molecule has 1 fully saturated rings. The van der Waals surface area contributed by atoms with Crippen LogP contribution < -0.4 is 10.6 Å². The fourth-order valence-electron chi connectivity index (χ4n) is 2.18. The molecule has 2 rings (SSSR count). The Morgan fingerprint density at radius 2 is 1.80 bits per heavy atom. The molecular formula is C17H20N2O6. The minimum absolute atomic E-state index is 0.163. The normalized spacial score (nSPS) is 17.2. The minimum atomic E-state index is -1.14. The molecule has 0 aromatic heterocycles. The zero-order valence-electron chi connectivity index (χ0n) is 14.5. The summed E-state index contributed by atoms with van der Waals surface area (Å²) in [6, 6.07) is 6.96. The number of hydrogen-bond donors (Lipinski definition) is 2. The second-order valence-corrected chi connectivity index (χ2v) is 5.81. The maximum atomic E-state index is 12.3. The maximum absolute atomic E-state index is 12.3. The standard InChI is InChI=1S/C17H20N2O6/c1-10(20)19-12-7-5-11(6-8-12)9-18-15(21)13(23-4)14-16(22)25-17(2,3)24-14/h5-8H,9H2,1-4H3,(H,18,21)(H,19,20). The number of carbonyl (C=O) groups excluding carboxylic acids is 3. The molecule has 2 amide bonds. The second kappa shape index (κ2) is 7.25. The van der Waals surface area contributed by atoms with Gasteiger partial charge in [0.15, 0.2) is 0 Å². The number of esters is 1. The van der Waals surface area contributed by atoms with Crippen molar-refractivity contribution in [3.63, 3.8) is 0 Å². The number of cyclic esters (lactones) is 1. The highest BCUT2D eigenvalue weighted by Crippen LogP contribution is 2.28. The first-order valence-corrected chi connectivity index (χ1v) is 7.57. The van der Waals surface area contributed by atoms with Crippen LogP contribution in [-0.4, -0.2) is 30.7 Å². The Hall–Kier alpha value is -3.03. The first-order chi connectivity index (χ1) is 11.7. The zero-order chi connectivity index (χ0) is 18.6. The monoisotopic (exact) mass is 348 g/mol. The summed E-state index contributed by atoms with van der Waals surface area (Å²) < 4.78 is 15.3. The SMILES string of the molecule is COC(C(=O)NCc1ccc(NC(C)=O)cc1)=C1OC(C)(C)OC1=O. The van der Waals surface area contributed by atoms with Gasteiger partial charge in [-0.25, -0.2) is 4.79 Å². The molecule has 2 N–H and O–H groups in total. The van der Waals surface area contributed by atoms with Crippen molar-refractivity contribution in [2.75, 3.05) is 12.4 Å². The summed E-state index contributed by atoms with van der Waals surface area (Å²) in [4.78, 5) is 35.0. The fourth-order valence-corrected chi connectivity index (χ4v) is 2.18. The van der Waals surface area contributed by atoms with Crippen LogP contribution >= 0.6 is 0 Å². The molecule has 0 saturated carbocycles. The lowest BCUT2D eigenvalue weighted by Gasteiger charge is -2.15. The van der Waals surface area contributed by atoms with Crippen LogP contribution in [0.1, 0.15) is 26.3 Å². The molecule has 0 atom stereocenters. The molecule has 0 unspecified atom stereocenters. The predicted octanol–water partition coefficient (Wildman–Crippen LogP) is 1.43. The largest absolute Gasteiger partial charge is 0.488 e. The minimum Gasteiger partial charge on any atom is -0.488 e. The van der Waals surface area contributed by atoms with Crippen molar-refractivity contribution in [2.45, 2.75) is 33.1 Å². The molecule has 1 saturated heterocycles. The van der Waals surface area contributed by atoms with Gasteiger partial charge in [0, 0.05) is 33.0 Å². The smallest absolute Gasteiger partial charge is 0.381 e. The summed E-state index contributed by atoms with van der Waals surface area (Å²) in [7, 11) is 1.27. The van der Waals surface area contributed by atoms with E-state index in [0.29, 0.717) is 5.69 Å². The van der Waals surface area contributed by atoms with E-state index in [9.17, 15) is 14.4 Å². The number of amides is 2. The molecule has 0 bridgehead atoms. The molecular weight excluding hydrogens is 328 g/mol. The van der Waals surface area contributed by atoms with Crippen LogP contribution in [0.25, 0.3) is 0 Å². The topological polar surface area (TPSA) is 103 Å².